The van der Waals surface area contributed by atoms with Crippen molar-refractivity contribution in [2.24, 2.45) is 11.8 Å². The Balaban J connectivity index is 1.24. The van der Waals surface area contributed by atoms with Crippen molar-refractivity contribution in [2.45, 2.75) is 19.8 Å². The van der Waals surface area contributed by atoms with Crippen molar-refractivity contribution in [3.63, 3.8) is 0 Å². The molecule has 1 aliphatic heterocycles. The Hall–Kier alpha value is -4.07. The Morgan fingerprint density at radius 2 is 1.69 bits per heavy atom. The topological polar surface area (TPSA) is 91.3 Å². The molecule has 1 saturated heterocycles. The van der Waals surface area contributed by atoms with Crippen LogP contribution in [0.25, 0.3) is 11.3 Å². The number of piperazine rings is 1. The third-order valence-electron chi connectivity index (χ3n) is 6.85. The van der Waals surface area contributed by atoms with Crippen molar-refractivity contribution in [1.29, 1.82) is 0 Å². The van der Waals surface area contributed by atoms with Crippen molar-refractivity contribution in [3.8, 4) is 11.3 Å². The van der Waals surface area contributed by atoms with E-state index in [1.807, 2.05) is 72.5 Å². The zero-order chi connectivity index (χ0) is 24.9. The number of carbonyl (C=O) groups is 2. The number of allylic oxidation sites excluding steroid dienone is 2. The van der Waals surface area contributed by atoms with Crippen molar-refractivity contribution in [1.82, 2.24) is 19.9 Å². The average Bonchev–Trinajstić information content (AvgIpc) is 2.93. The standard InChI is InChI=1S/C28H30N6O2/c1-20-29-14-12-25(31-20)21-7-6-8-22(19-21)32-27(35)23-9-2-3-10-24(23)28(36)34-17-15-33(16-18-34)26-11-4-5-13-30-26/h2-8,11-14,19,23-24H,9-10,15-18H2,1H3,(H,32,35). The summed E-state index contributed by atoms with van der Waals surface area (Å²) < 4.78 is 0. The smallest absolute Gasteiger partial charge is 0.228 e. The fourth-order valence-corrected chi connectivity index (χ4v) is 4.92. The highest BCUT2D eigenvalue weighted by Gasteiger charge is 2.37. The van der Waals surface area contributed by atoms with Gasteiger partial charge in [0.1, 0.15) is 11.6 Å². The number of benzene rings is 1. The van der Waals surface area contributed by atoms with Crippen LogP contribution in [0.15, 0.2) is 73.1 Å². The van der Waals surface area contributed by atoms with Crippen LogP contribution in [0.3, 0.4) is 0 Å². The molecule has 0 spiro atoms. The monoisotopic (exact) mass is 482 g/mol. The van der Waals surface area contributed by atoms with Crippen molar-refractivity contribution < 1.29 is 9.59 Å². The fraction of sp³-hybridized carbons (Fsp3) is 0.321. The molecule has 1 fully saturated rings. The highest BCUT2D eigenvalue weighted by Crippen LogP contribution is 2.30. The maximum atomic E-state index is 13.5. The Labute approximate surface area is 211 Å². The number of anilines is 2. The van der Waals surface area contributed by atoms with Gasteiger partial charge in [0.2, 0.25) is 11.8 Å². The van der Waals surface area contributed by atoms with Crippen LogP contribution in [-0.2, 0) is 9.59 Å². The number of nitrogens with one attached hydrogen (secondary N) is 1. The molecule has 2 aromatic heterocycles. The molecule has 8 nitrogen and oxygen atoms in total. The molecule has 184 valence electrons. The number of hydrogen-bond donors (Lipinski definition) is 1. The van der Waals surface area contributed by atoms with E-state index in [1.165, 1.54) is 0 Å². The lowest BCUT2D eigenvalue weighted by atomic mass is 9.81. The molecule has 2 aliphatic rings. The van der Waals surface area contributed by atoms with Gasteiger partial charge in [0.25, 0.3) is 0 Å². The predicted molar refractivity (Wildman–Crippen MR) is 139 cm³/mol. The molecule has 3 heterocycles. The van der Waals surface area contributed by atoms with Gasteiger partial charge in [0.05, 0.1) is 17.5 Å². The second-order valence-corrected chi connectivity index (χ2v) is 9.22. The van der Waals surface area contributed by atoms with E-state index >= 15 is 0 Å². The first-order chi connectivity index (χ1) is 17.6. The number of aryl methyl sites for hydroxylation is 1. The molecule has 3 aromatic rings. The van der Waals surface area contributed by atoms with Crippen LogP contribution in [0.1, 0.15) is 18.7 Å². The number of aromatic nitrogens is 3. The SMILES string of the molecule is Cc1nccc(-c2cccc(NC(=O)C3CC=CCC3C(=O)N3CCN(c4ccccn4)CC3)c2)n1. The fourth-order valence-electron chi connectivity index (χ4n) is 4.92. The van der Waals surface area contributed by atoms with E-state index in [4.69, 9.17) is 0 Å². The van der Waals surface area contributed by atoms with Gasteiger partial charge in [-0.3, -0.25) is 9.59 Å². The summed E-state index contributed by atoms with van der Waals surface area (Å²) in [7, 11) is 0. The normalized spacial score (nSPS) is 19.7. The Morgan fingerprint density at radius 3 is 2.44 bits per heavy atom. The number of pyridine rings is 1. The van der Waals surface area contributed by atoms with Crippen LogP contribution >= 0.6 is 0 Å². The third-order valence-corrected chi connectivity index (χ3v) is 6.85. The maximum absolute atomic E-state index is 13.5. The summed E-state index contributed by atoms with van der Waals surface area (Å²) >= 11 is 0. The van der Waals surface area contributed by atoms with E-state index < -0.39 is 5.92 Å². The van der Waals surface area contributed by atoms with Gasteiger partial charge < -0.3 is 15.1 Å². The summed E-state index contributed by atoms with van der Waals surface area (Å²) in [6, 6.07) is 15.3. The van der Waals surface area contributed by atoms with E-state index in [-0.39, 0.29) is 17.7 Å². The zero-order valence-corrected chi connectivity index (χ0v) is 20.4. The second-order valence-electron chi connectivity index (χ2n) is 9.22. The minimum Gasteiger partial charge on any atom is -0.353 e. The number of carbonyl (C=O) groups excluding carboxylic acids is 2. The first-order valence-electron chi connectivity index (χ1n) is 12.4. The molecule has 2 atom stereocenters. The van der Waals surface area contributed by atoms with E-state index in [0.717, 1.165) is 30.2 Å². The molecule has 0 saturated carbocycles. The average molecular weight is 483 g/mol. The summed E-state index contributed by atoms with van der Waals surface area (Å²) in [5.41, 5.74) is 2.40. The lowest BCUT2D eigenvalue weighted by molar-refractivity contribution is -0.141. The van der Waals surface area contributed by atoms with Crippen LogP contribution in [0.5, 0.6) is 0 Å². The van der Waals surface area contributed by atoms with Gasteiger partial charge in [-0.25, -0.2) is 15.0 Å². The predicted octanol–water partition coefficient (Wildman–Crippen LogP) is 3.72. The molecule has 1 aromatic carbocycles. The van der Waals surface area contributed by atoms with Crippen LogP contribution in [0.2, 0.25) is 0 Å². The van der Waals surface area contributed by atoms with Crippen molar-refractivity contribution in [2.75, 3.05) is 36.4 Å². The lowest BCUT2D eigenvalue weighted by Gasteiger charge is -2.38. The first kappa shape index (κ1) is 23.7. The van der Waals surface area contributed by atoms with Gasteiger partial charge in [0.15, 0.2) is 0 Å². The largest absolute Gasteiger partial charge is 0.353 e. The minimum absolute atomic E-state index is 0.0605. The molecule has 0 radical (unpaired) electrons. The van der Waals surface area contributed by atoms with Gasteiger partial charge in [-0.1, -0.05) is 30.4 Å². The Kier molecular flexibility index (Phi) is 7.02. The molecular weight excluding hydrogens is 452 g/mol. The molecule has 36 heavy (non-hydrogen) atoms. The molecule has 8 heteroatoms. The van der Waals surface area contributed by atoms with Gasteiger partial charge in [-0.05, 0) is 50.1 Å². The van der Waals surface area contributed by atoms with Crippen LogP contribution in [-0.4, -0.2) is 57.8 Å². The second kappa shape index (κ2) is 10.7. The van der Waals surface area contributed by atoms with E-state index in [1.54, 1.807) is 12.4 Å². The summed E-state index contributed by atoms with van der Waals surface area (Å²) in [6.07, 6.45) is 8.68. The molecular formula is C28H30N6O2. The zero-order valence-electron chi connectivity index (χ0n) is 20.4. The summed E-state index contributed by atoms with van der Waals surface area (Å²) in [6.45, 7) is 4.57. The van der Waals surface area contributed by atoms with Gasteiger partial charge in [-0.15, -0.1) is 0 Å². The summed E-state index contributed by atoms with van der Waals surface area (Å²) in [4.78, 5) is 44.0. The first-order valence-corrected chi connectivity index (χ1v) is 12.4. The number of hydrogen-bond acceptors (Lipinski definition) is 6. The van der Waals surface area contributed by atoms with Crippen LogP contribution in [0.4, 0.5) is 11.5 Å². The molecule has 2 unspecified atom stereocenters. The number of nitrogens with zero attached hydrogens (tertiary/aromatic N) is 5. The van der Waals surface area contributed by atoms with E-state index in [9.17, 15) is 9.59 Å². The van der Waals surface area contributed by atoms with Gasteiger partial charge >= 0.3 is 0 Å². The quantitative estimate of drug-likeness (QED) is 0.558. The number of amides is 2. The van der Waals surface area contributed by atoms with Gasteiger partial charge in [-0.2, -0.15) is 0 Å². The van der Waals surface area contributed by atoms with Gasteiger partial charge in [0, 0.05) is 49.8 Å². The summed E-state index contributed by atoms with van der Waals surface area (Å²) in [5, 5.41) is 3.05. The lowest BCUT2D eigenvalue weighted by Crippen LogP contribution is -2.52. The highest BCUT2D eigenvalue weighted by atomic mass is 16.2. The molecule has 0 bridgehead atoms. The molecule has 1 N–H and O–H groups in total. The van der Waals surface area contributed by atoms with E-state index in [2.05, 4.69) is 25.2 Å². The molecule has 2 amide bonds. The van der Waals surface area contributed by atoms with Crippen molar-refractivity contribution >= 4 is 23.3 Å². The van der Waals surface area contributed by atoms with Crippen LogP contribution in [0, 0.1) is 18.8 Å². The number of rotatable bonds is 5. The van der Waals surface area contributed by atoms with Crippen molar-refractivity contribution in [3.05, 3.63) is 78.9 Å². The molecule has 1 aliphatic carbocycles. The Morgan fingerprint density at radius 1 is 0.889 bits per heavy atom. The van der Waals surface area contributed by atoms with Crippen LogP contribution < -0.4 is 10.2 Å². The Bertz CT molecular complexity index is 1250. The minimum atomic E-state index is -0.402. The maximum Gasteiger partial charge on any atom is 0.228 e. The summed E-state index contributed by atoms with van der Waals surface area (Å²) in [5.74, 6) is 0.802. The molecule has 5 rings (SSSR count). The van der Waals surface area contributed by atoms with E-state index in [0.29, 0.717) is 37.4 Å². The third kappa shape index (κ3) is 5.27. The highest BCUT2D eigenvalue weighted by molar-refractivity contribution is 5.97.